The lowest BCUT2D eigenvalue weighted by Crippen LogP contribution is -2.23. The molecule has 2 rings (SSSR count). The smallest absolute Gasteiger partial charge is 0.338 e. The molecule has 28 heavy (non-hydrogen) atoms. The molecule has 150 valence electrons. The monoisotopic (exact) mass is 407 g/mol. The maximum Gasteiger partial charge on any atom is 0.338 e. The van der Waals surface area contributed by atoms with Gasteiger partial charge >= 0.3 is 5.97 Å². The fourth-order valence-electron chi connectivity index (χ4n) is 2.37. The third-order valence-corrected chi connectivity index (χ3v) is 5.34. The highest BCUT2D eigenvalue weighted by Crippen LogP contribution is 2.24. The molecule has 2 aromatic rings. The van der Waals surface area contributed by atoms with Gasteiger partial charge in [0, 0.05) is 6.54 Å². The van der Waals surface area contributed by atoms with Gasteiger partial charge < -0.3 is 14.2 Å². The number of sulfonamides is 1. The Bertz CT molecular complexity index is 953. The Balaban J connectivity index is 2.07. The molecule has 0 heterocycles. The van der Waals surface area contributed by atoms with E-state index in [-0.39, 0.29) is 22.6 Å². The predicted molar refractivity (Wildman–Crippen MR) is 101 cm³/mol. The van der Waals surface area contributed by atoms with Crippen molar-refractivity contribution in [1.29, 1.82) is 0 Å². The maximum absolute atomic E-state index is 12.4. The van der Waals surface area contributed by atoms with Gasteiger partial charge in [-0.25, -0.2) is 17.9 Å². The first-order valence-corrected chi connectivity index (χ1v) is 9.82. The van der Waals surface area contributed by atoms with Crippen molar-refractivity contribution in [2.45, 2.75) is 11.8 Å². The second kappa shape index (κ2) is 9.34. The lowest BCUT2D eigenvalue weighted by atomic mass is 10.1. The zero-order chi connectivity index (χ0) is 20.7. The van der Waals surface area contributed by atoms with Crippen LogP contribution in [0.5, 0.6) is 11.5 Å². The number of ketones is 1. The van der Waals surface area contributed by atoms with E-state index in [0.29, 0.717) is 11.5 Å². The van der Waals surface area contributed by atoms with Gasteiger partial charge in [0.2, 0.25) is 15.8 Å². The van der Waals surface area contributed by atoms with Gasteiger partial charge in [-0.05, 0) is 42.5 Å². The lowest BCUT2D eigenvalue weighted by molar-refractivity contribution is 0.0474. The van der Waals surface area contributed by atoms with Crippen LogP contribution in [0.4, 0.5) is 0 Å². The molecule has 0 atom stereocenters. The van der Waals surface area contributed by atoms with Gasteiger partial charge in [-0.3, -0.25) is 4.79 Å². The minimum atomic E-state index is -3.61. The third-order valence-electron chi connectivity index (χ3n) is 3.78. The topological polar surface area (TPSA) is 108 Å². The number of nitrogens with one attached hydrogen (secondary N) is 1. The molecular formula is C19H21NO7S. The number of carbonyl (C=O) groups is 2. The normalized spacial score (nSPS) is 11.0. The quantitative estimate of drug-likeness (QED) is 0.500. The van der Waals surface area contributed by atoms with Gasteiger partial charge in [0.05, 0.1) is 30.2 Å². The molecule has 0 amide bonds. The van der Waals surface area contributed by atoms with Crippen LogP contribution in [-0.2, 0) is 14.8 Å². The summed E-state index contributed by atoms with van der Waals surface area (Å²) in [7, 11) is -0.718. The summed E-state index contributed by atoms with van der Waals surface area (Å²) < 4.78 is 41.4. The minimum Gasteiger partial charge on any atom is -0.497 e. The van der Waals surface area contributed by atoms with Crippen molar-refractivity contribution in [3.8, 4) is 11.5 Å². The highest BCUT2D eigenvalue weighted by Gasteiger charge is 2.18. The fourth-order valence-corrected chi connectivity index (χ4v) is 3.41. The number of esters is 1. The first-order chi connectivity index (χ1) is 13.3. The van der Waals surface area contributed by atoms with Crippen LogP contribution in [0.25, 0.3) is 0 Å². The van der Waals surface area contributed by atoms with E-state index in [1.165, 1.54) is 44.6 Å². The number of carbonyl (C=O) groups excluding carboxylic acids is 2. The zero-order valence-electron chi connectivity index (χ0n) is 15.7. The van der Waals surface area contributed by atoms with Crippen LogP contribution in [0.2, 0.25) is 0 Å². The van der Waals surface area contributed by atoms with E-state index in [1.807, 2.05) is 0 Å². The van der Waals surface area contributed by atoms with Crippen molar-refractivity contribution in [3.05, 3.63) is 53.6 Å². The summed E-state index contributed by atoms with van der Waals surface area (Å²) >= 11 is 0. The highest BCUT2D eigenvalue weighted by atomic mass is 32.2. The van der Waals surface area contributed by atoms with Crippen molar-refractivity contribution in [3.63, 3.8) is 0 Å². The van der Waals surface area contributed by atoms with Crippen molar-refractivity contribution >= 4 is 21.8 Å². The Kier molecular flexibility index (Phi) is 7.13. The van der Waals surface area contributed by atoms with Crippen molar-refractivity contribution in [2.75, 3.05) is 27.4 Å². The molecule has 1 N–H and O–H groups in total. The second-order valence-electron chi connectivity index (χ2n) is 5.59. The zero-order valence-corrected chi connectivity index (χ0v) is 16.5. The summed E-state index contributed by atoms with van der Waals surface area (Å²) in [6.07, 6.45) is 0. The van der Waals surface area contributed by atoms with Gasteiger partial charge in [-0.1, -0.05) is 6.92 Å². The van der Waals surface area contributed by atoms with Crippen LogP contribution >= 0.6 is 0 Å². The first-order valence-electron chi connectivity index (χ1n) is 8.34. The maximum atomic E-state index is 12.4. The van der Waals surface area contributed by atoms with Gasteiger partial charge in [0.25, 0.3) is 0 Å². The molecule has 2 aromatic carbocycles. The number of Topliss-reactive ketones (excluding diaryl/α,β-unsaturated/α-hetero) is 1. The number of rotatable bonds is 9. The summed E-state index contributed by atoms with van der Waals surface area (Å²) in [6.45, 7) is 1.42. The second-order valence-corrected chi connectivity index (χ2v) is 7.36. The standard InChI is InChI=1S/C19H21NO7S/c1-4-20-28(23,24)15-8-5-13(6-9-15)19(22)27-12-17(21)16-11-14(25-2)7-10-18(16)26-3/h5-11,20H,4,12H2,1-3H3. The van der Waals surface area contributed by atoms with Gasteiger partial charge in [0.15, 0.2) is 6.61 Å². The van der Waals surface area contributed by atoms with Crippen LogP contribution < -0.4 is 14.2 Å². The van der Waals surface area contributed by atoms with Crippen LogP contribution in [0.3, 0.4) is 0 Å². The van der Waals surface area contributed by atoms with E-state index in [0.717, 1.165) is 0 Å². The average Bonchev–Trinajstić information content (AvgIpc) is 2.71. The molecule has 0 aliphatic rings. The highest BCUT2D eigenvalue weighted by molar-refractivity contribution is 7.89. The van der Waals surface area contributed by atoms with Gasteiger partial charge in [-0.2, -0.15) is 0 Å². The molecule has 0 saturated heterocycles. The van der Waals surface area contributed by atoms with E-state index < -0.39 is 28.4 Å². The van der Waals surface area contributed by atoms with E-state index in [9.17, 15) is 18.0 Å². The number of methoxy groups -OCH3 is 2. The Labute approximate surface area is 163 Å². The van der Waals surface area contributed by atoms with E-state index in [4.69, 9.17) is 14.2 Å². The molecular weight excluding hydrogens is 386 g/mol. The number of benzene rings is 2. The predicted octanol–water partition coefficient (Wildman–Crippen LogP) is 2.04. The van der Waals surface area contributed by atoms with Crippen molar-refractivity contribution < 1.29 is 32.2 Å². The van der Waals surface area contributed by atoms with Crippen LogP contribution in [0.15, 0.2) is 47.4 Å². The van der Waals surface area contributed by atoms with Gasteiger partial charge in [0.1, 0.15) is 11.5 Å². The Morgan fingerprint density at radius 2 is 1.68 bits per heavy atom. The van der Waals surface area contributed by atoms with Crippen molar-refractivity contribution in [2.24, 2.45) is 0 Å². The largest absolute Gasteiger partial charge is 0.497 e. The number of hydrogen-bond donors (Lipinski definition) is 1. The molecule has 0 spiro atoms. The molecule has 9 heteroatoms. The molecule has 0 unspecified atom stereocenters. The lowest BCUT2D eigenvalue weighted by Gasteiger charge is -2.10. The molecule has 0 aromatic heterocycles. The molecule has 0 aliphatic heterocycles. The fraction of sp³-hybridized carbons (Fsp3) is 0.263. The molecule has 0 bridgehead atoms. The molecule has 8 nitrogen and oxygen atoms in total. The minimum absolute atomic E-state index is 0.0306. The third kappa shape index (κ3) is 5.08. The summed E-state index contributed by atoms with van der Waals surface area (Å²) in [5.41, 5.74) is 0.350. The molecule has 0 radical (unpaired) electrons. The molecule has 0 saturated carbocycles. The SMILES string of the molecule is CCNS(=O)(=O)c1ccc(C(=O)OCC(=O)c2cc(OC)ccc2OC)cc1. The molecule has 0 aliphatic carbocycles. The van der Waals surface area contributed by atoms with Crippen LogP contribution in [-0.4, -0.2) is 47.5 Å². The Morgan fingerprint density at radius 1 is 1.00 bits per heavy atom. The van der Waals surface area contributed by atoms with Gasteiger partial charge in [-0.15, -0.1) is 0 Å². The van der Waals surface area contributed by atoms with E-state index >= 15 is 0 Å². The first kappa shape index (κ1) is 21.4. The van der Waals surface area contributed by atoms with E-state index in [1.54, 1.807) is 19.1 Å². The van der Waals surface area contributed by atoms with Crippen LogP contribution in [0, 0.1) is 0 Å². The summed E-state index contributed by atoms with van der Waals surface area (Å²) in [5.74, 6) is -0.411. The number of ether oxygens (including phenoxy) is 3. The Morgan fingerprint density at radius 3 is 2.25 bits per heavy atom. The summed E-state index contributed by atoms with van der Waals surface area (Å²) in [4.78, 5) is 24.6. The molecule has 0 fully saturated rings. The summed E-state index contributed by atoms with van der Waals surface area (Å²) in [6, 6.07) is 9.95. The summed E-state index contributed by atoms with van der Waals surface area (Å²) in [5, 5.41) is 0. The van der Waals surface area contributed by atoms with E-state index in [2.05, 4.69) is 4.72 Å². The Hall–Kier alpha value is -2.91. The van der Waals surface area contributed by atoms with Crippen LogP contribution in [0.1, 0.15) is 27.6 Å². The van der Waals surface area contributed by atoms with Crippen molar-refractivity contribution in [1.82, 2.24) is 4.72 Å². The average molecular weight is 407 g/mol. The number of hydrogen-bond acceptors (Lipinski definition) is 7.